The van der Waals surface area contributed by atoms with Crippen LogP contribution >= 0.6 is 0 Å². The molecule has 2 radical (unpaired) electrons. The number of ether oxygens (including phenoxy) is 1. The molecule has 146 valence electrons. The van der Waals surface area contributed by atoms with E-state index in [4.69, 9.17) is 12.6 Å². The number of benzene rings is 2. The van der Waals surface area contributed by atoms with Gasteiger partial charge in [0.1, 0.15) is 26.5 Å². The lowest BCUT2D eigenvalue weighted by molar-refractivity contribution is 0.112. The summed E-state index contributed by atoms with van der Waals surface area (Å²) in [7, 11) is 6.24. The quantitative estimate of drug-likeness (QED) is 0.442. The molecule has 0 unspecified atom stereocenters. The number of hydrogen-bond donors (Lipinski definition) is 0. The van der Waals surface area contributed by atoms with Gasteiger partial charge >= 0.3 is 0 Å². The minimum absolute atomic E-state index is 0.0652. The van der Waals surface area contributed by atoms with Crippen LogP contribution in [0.3, 0.4) is 0 Å². The Bertz CT molecular complexity index is 1050. The smallest absolute Gasteiger partial charge is 0.253 e. The highest BCUT2D eigenvalue weighted by atomic mass is 16.5. The van der Waals surface area contributed by atoms with E-state index in [9.17, 15) is 9.59 Å². The molecule has 5 heteroatoms. The molecule has 1 heterocycles. The van der Waals surface area contributed by atoms with Gasteiger partial charge in [-0.1, -0.05) is 54.9 Å². The SMILES string of the molecule is [B]c1cc(C)c(=O)n(CCc2ccc(C=O)cc2)c1COc1cccc(CC)c1. The van der Waals surface area contributed by atoms with Crippen molar-refractivity contribution in [1.82, 2.24) is 4.57 Å². The van der Waals surface area contributed by atoms with Gasteiger partial charge < -0.3 is 9.30 Å². The Labute approximate surface area is 172 Å². The van der Waals surface area contributed by atoms with Crippen LogP contribution in [0.2, 0.25) is 0 Å². The maximum absolute atomic E-state index is 12.8. The predicted octanol–water partition coefficient (Wildman–Crippen LogP) is 3.15. The van der Waals surface area contributed by atoms with E-state index in [1.165, 1.54) is 5.56 Å². The van der Waals surface area contributed by atoms with Gasteiger partial charge in [0.05, 0.1) is 5.69 Å². The first kappa shape index (κ1) is 20.7. The summed E-state index contributed by atoms with van der Waals surface area (Å²) in [5.41, 5.74) is 4.63. The number of carbonyl (C=O) groups excluding carboxylic acids is 1. The highest BCUT2D eigenvalue weighted by Crippen LogP contribution is 2.15. The summed E-state index contributed by atoms with van der Waals surface area (Å²) in [6, 6.07) is 17.0. The van der Waals surface area contributed by atoms with E-state index in [-0.39, 0.29) is 12.2 Å². The van der Waals surface area contributed by atoms with Gasteiger partial charge in [-0.3, -0.25) is 9.59 Å². The minimum atomic E-state index is -0.0652. The lowest BCUT2D eigenvalue weighted by Gasteiger charge is -2.18. The highest BCUT2D eigenvalue weighted by Gasteiger charge is 2.11. The fraction of sp³-hybridized carbons (Fsp3) is 0.250. The summed E-state index contributed by atoms with van der Waals surface area (Å²) in [4.78, 5) is 23.6. The topological polar surface area (TPSA) is 48.3 Å². The van der Waals surface area contributed by atoms with Crippen molar-refractivity contribution < 1.29 is 9.53 Å². The van der Waals surface area contributed by atoms with Crippen LogP contribution in [0.4, 0.5) is 0 Å². The summed E-state index contributed by atoms with van der Waals surface area (Å²) in [6.45, 7) is 4.57. The van der Waals surface area contributed by atoms with Crippen molar-refractivity contribution in [3.63, 3.8) is 0 Å². The summed E-state index contributed by atoms with van der Waals surface area (Å²) in [5, 5.41) is 0. The number of aldehydes is 1. The van der Waals surface area contributed by atoms with Gasteiger partial charge in [0, 0.05) is 17.7 Å². The number of rotatable bonds is 8. The van der Waals surface area contributed by atoms with Crippen LogP contribution in [0, 0.1) is 6.92 Å². The fourth-order valence-electron chi connectivity index (χ4n) is 3.28. The Morgan fingerprint density at radius 2 is 1.83 bits per heavy atom. The van der Waals surface area contributed by atoms with Gasteiger partial charge in [-0.15, -0.1) is 0 Å². The molecule has 1 aromatic heterocycles. The Morgan fingerprint density at radius 1 is 1.07 bits per heavy atom. The van der Waals surface area contributed by atoms with Crippen LogP contribution in [0.15, 0.2) is 59.4 Å². The average molecular weight is 385 g/mol. The molecule has 0 saturated carbocycles. The van der Waals surface area contributed by atoms with Crippen molar-refractivity contribution in [3.8, 4) is 5.75 Å². The van der Waals surface area contributed by atoms with Crippen molar-refractivity contribution in [3.05, 3.63) is 92.9 Å². The molecule has 3 aromatic rings. The highest BCUT2D eigenvalue weighted by molar-refractivity contribution is 6.33. The van der Waals surface area contributed by atoms with E-state index in [0.29, 0.717) is 35.2 Å². The van der Waals surface area contributed by atoms with Crippen LogP contribution in [-0.4, -0.2) is 18.7 Å². The van der Waals surface area contributed by atoms with Gasteiger partial charge in [-0.05, 0) is 43.0 Å². The maximum Gasteiger partial charge on any atom is 0.253 e. The Hall–Kier alpha value is -3.08. The Balaban J connectivity index is 1.83. The fourth-order valence-corrected chi connectivity index (χ4v) is 3.28. The lowest BCUT2D eigenvalue weighted by atomic mass is 9.92. The molecule has 0 atom stereocenters. The zero-order valence-electron chi connectivity index (χ0n) is 16.9. The van der Waals surface area contributed by atoms with Gasteiger partial charge in [-0.25, -0.2) is 0 Å². The monoisotopic (exact) mass is 385 g/mol. The van der Waals surface area contributed by atoms with Crippen LogP contribution in [0.25, 0.3) is 0 Å². The second-order valence-electron chi connectivity index (χ2n) is 7.09. The molecule has 2 aromatic carbocycles. The first-order chi connectivity index (χ1) is 14.0. The molecule has 0 fully saturated rings. The third kappa shape index (κ3) is 5.05. The normalized spacial score (nSPS) is 10.7. The van der Waals surface area contributed by atoms with E-state index in [2.05, 4.69) is 13.0 Å². The number of nitrogens with zero attached hydrogens (tertiary/aromatic N) is 1. The average Bonchev–Trinajstić information content (AvgIpc) is 2.75. The summed E-state index contributed by atoms with van der Waals surface area (Å²) in [5.74, 6) is 0.757. The molecule has 0 aliphatic rings. The summed E-state index contributed by atoms with van der Waals surface area (Å²) in [6.07, 6.45) is 2.40. The first-order valence-electron chi connectivity index (χ1n) is 9.76. The minimum Gasteiger partial charge on any atom is -0.487 e. The molecule has 3 rings (SSSR count). The second kappa shape index (κ2) is 9.42. The molecule has 29 heavy (non-hydrogen) atoms. The third-order valence-corrected chi connectivity index (χ3v) is 5.04. The van der Waals surface area contributed by atoms with Crippen molar-refractivity contribution in [2.24, 2.45) is 0 Å². The number of carbonyl (C=O) groups is 1. The molecule has 0 N–H and O–H groups in total. The van der Waals surface area contributed by atoms with Gasteiger partial charge in [0.2, 0.25) is 0 Å². The van der Waals surface area contributed by atoms with E-state index in [1.807, 2.05) is 30.3 Å². The van der Waals surface area contributed by atoms with Crippen LogP contribution in [0.1, 0.15) is 39.7 Å². The number of aromatic nitrogens is 1. The van der Waals surface area contributed by atoms with Gasteiger partial charge in [0.25, 0.3) is 5.56 Å². The molecule has 0 bridgehead atoms. The molecule has 0 saturated heterocycles. The molecule has 0 amide bonds. The zero-order chi connectivity index (χ0) is 20.8. The van der Waals surface area contributed by atoms with Gasteiger partial charge in [-0.2, -0.15) is 0 Å². The zero-order valence-corrected chi connectivity index (χ0v) is 16.9. The standard InChI is InChI=1S/C24H24BNO3/c1-3-18-5-4-6-21(14-18)29-16-23-22(25)13-17(2)24(28)26(23)12-11-19-7-9-20(15-27)10-8-19/h4-10,13-15H,3,11-12,16H2,1-2H3. The predicted molar refractivity (Wildman–Crippen MR) is 117 cm³/mol. The van der Waals surface area contributed by atoms with Crippen LogP contribution in [-0.2, 0) is 26.0 Å². The van der Waals surface area contributed by atoms with E-state index >= 15 is 0 Å². The third-order valence-electron chi connectivity index (χ3n) is 5.04. The molecular weight excluding hydrogens is 361 g/mol. The van der Waals surface area contributed by atoms with Crippen molar-refractivity contribution >= 4 is 19.6 Å². The Morgan fingerprint density at radius 3 is 2.52 bits per heavy atom. The number of pyridine rings is 1. The molecule has 0 aliphatic carbocycles. The first-order valence-corrected chi connectivity index (χ1v) is 9.76. The van der Waals surface area contributed by atoms with Crippen molar-refractivity contribution in [1.29, 1.82) is 0 Å². The van der Waals surface area contributed by atoms with Crippen molar-refractivity contribution in [2.75, 3.05) is 0 Å². The van der Waals surface area contributed by atoms with E-state index in [0.717, 1.165) is 24.0 Å². The van der Waals surface area contributed by atoms with Crippen LogP contribution in [0.5, 0.6) is 5.75 Å². The molecule has 0 aliphatic heterocycles. The summed E-state index contributed by atoms with van der Waals surface area (Å²) >= 11 is 0. The second-order valence-corrected chi connectivity index (χ2v) is 7.09. The number of hydrogen-bond acceptors (Lipinski definition) is 3. The van der Waals surface area contributed by atoms with Gasteiger partial charge in [0.15, 0.2) is 0 Å². The van der Waals surface area contributed by atoms with Crippen molar-refractivity contribution in [2.45, 2.75) is 39.8 Å². The molecular formula is C24H24BNO3. The lowest BCUT2D eigenvalue weighted by Crippen LogP contribution is -2.33. The van der Waals surface area contributed by atoms with E-state index in [1.54, 1.807) is 29.7 Å². The number of aryl methyl sites for hydroxylation is 3. The summed E-state index contributed by atoms with van der Waals surface area (Å²) < 4.78 is 7.65. The largest absolute Gasteiger partial charge is 0.487 e. The molecule has 4 nitrogen and oxygen atoms in total. The van der Waals surface area contributed by atoms with Crippen LogP contribution < -0.4 is 15.8 Å². The maximum atomic E-state index is 12.8. The Kier molecular flexibility index (Phi) is 6.71. The molecule has 0 spiro atoms. The van der Waals surface area contributed by atoms with E-state index < -0.39 is 0 Å².